The Morgan fingerprint density at radius 1 is 1.56 bits per heavy atom. The van der Waals surface area contributed by atoms with Crippen LogP contribution in [-0.4, -0.2) is 39.5 Å². The van der Waals surface area contributed by atoms with Gasteiger partial charge in [0.05, 0.1) is 18.4 Å². The maximum atomic E-state index is 11.8. The Kier molecular flexibility index (Phi) is 3.11. The molecule has 1 aromatic heterocycles. The van der Waals surface area contributed by atoms with Crippen LogP contribution in [-0.2, 0) is 9.53 Å². The molecule has 0 radical (unpaired) electrons. The molecule has 2 rings (SSSR count). The lowest BCUT2D eigenvalue weighted by molar-refractivity contribution is -0.162. The van der Waals surface area contributed by atoms with E-state index in [0.29, 0.717) is 6.42 Å². The number of carboxylic acid groups (broad SMARTS) is 1. The van der Waals surface area contributed by atoms with Gasteiger partial charge in [-0.1, -0.05) is 0 Å². The number of aromatic nitrogens is 2. The number of hydrogen-bond donors (Lipinski definition) is 3. The maximum Gasteiger partial charge on any atom is 0.357 e. The first-order valence-electron chi connectivity index (χ1n) is 5.28. The predicted molar refractivity (Wildman–Crippen MR) is 57.9 cm³/mol. The number of carboxylic acids is 1. The molecule has 1 aliphatic heterocycles. The Morgan fingerprint density at radius 2 is 2.33 bits per heavy atom. The van der Waals surface area contributed by atoms with Gasteiger partial charge in [-0.05, 0) is 6.42 Å². The van der Waals surface area contributed by atoms with Crippen LogP contribution >= 0.6 is 0 Å². The van der Waals surface area contributed by atoms with Gasteiger partial charge in [0.25, 0.3) is 11.5 Å². The van der Waals surface area contributed by atoms with Crippen molar-refractivity contribution in [1.29, 1.82) is 0 Å². The van der Waals surface area contributed by atoms with E-state index >= 15 is 0 Å². The number of aliphatic carboxylic acids is 1. The van der Waals surface area contributed by atoms with Gasteiger partial charge < -0.3 is 15.2 Å². The number of hydrogen-bond acceptors (Lipinski definition) is 5. The fraction of sp³-hybridized carbons (Fsp3) is 0.400. The molecule has 1 aromatic rings. The van der Waals surface area contributed by atoms with Gasteiger partial charge in [-0.15, -0.1) is 0 Å². The van der Waals surface area contributed by atoms with Crippen molar-refractivity contribution in [3.63, 3.8) is 0 Å². The van der Waals surface area contributed by atoms with E-state index < -0.39 is 23.2 Å². The number of ether oxygens (including phenoxy) is 1. The summed E-state index contributed by atoms with van der Waals surface area (Å²) in [7, 11) is 0. The smallest absolute Gasteiger partial charge is 0.357 e. The van der Waals surface area contributed by atoms with Gasteiger partial charge in [0.1, 0.15) is 0 Å². The van der Waals surface area contributed by atoms with Gasteiger partial charge in [-0.25, -0.2) is 9.89 Å². The molecule has 1 aliphatic rings. The van der Waals surface area contributed by atoms with E-state index in [-0.39, 0.29) is 18.6 Å². The van der Waals surface area contributed by atoms with Gasteiger partial charge >= 0.3 is 5.97 Å². The molecule has 1 atom stereocenters. The third-order valence-electron chi connectivity index (χ3n) is 2.61. The number of H-pyrrole nitrogens is 1. The Hall–Kier alpha value is -2.22. The van der Waals surface area contributed by atoms with Crippen molar-refractivity contribution in [1.82, 2.24) is 15.5 Å². The van der Waals surface area contributed by atoms with Crippen molar-refractivity contribution in [3.05, 3.63) is 28.2 Å². The van der Waals surface area contributed by atoms with Crippen LogP contribution in [0.2, 0.25) is 0 Å². The number of aromatic amines is 1. The number of nitrogens with zero attached hydrogens (tertiary/aromatic N) is 1. The van der Waals surface area contributed by atoms with Crippen LogP contribution in [0.15, 0.2) is 17.1 Å². The number of nitrogens with one attached hydrogen (secondary N) is 2. The zero-order valence-electron chi connectivity index (χ0n) is 9.30. The summed E-state index contributed by atoms with van der Waals surface area (Å²) < 4.78 is 5.09. The lowest BCUT2D eigenvalue weighted by atomic mass is 10.1. The first kappa shape index (κ1) is 12.2. The molecule has 0 spiro atoms. The average molecular weight is 253 g/mol. The minimum absolute atomic E-state index is 0.0186. The summed E-state index contributed by atoms with van der Waals surface area (Å²) >= 11 is 0. The molecule has 96 valence electrons. The molecule has 1 fully saturated rings. The highest BCUT2D eigenvalue weighted by atomic mass is 16.5. The number of carbonyl (C=O) groups is 2. The van der Waals surface area contributed by atoms with E-state index in [4.69, 9.17) is 9.84 Å². The van der Waals surface area contributed by atoms with E-state index in [9.17, 15) is 14.4 Å². The van der Waals surface area contributed by atoms with E-state index in [1.165, 1.54) is 0 Å². The first-order chi connectivity index (χ1) is 8.53. The molecule has 1 saturated heterocycles. The van der Waals surface area contributed by atoms with Gasteiger partial charge in [0.2, 0.25) is 5.72 Å². The van der Waals surface area contributed by atoms with Crippen LogP contribution in [0, 0.1) is 0 Å². The number of amides is 1. The lowest BCUT2D eigenvalue weighted by Crippen LogP contribution is -2.54. The highest BCUT2D eigenvalue weighted by molar-refractivity contribution is 5.97. The molecule has 0 saturated carbocycles. The summed E-state index contributed by atoms with van der Waals surface area (Å²) in [4.78, 5) is 33.9. The Morgan fingerprint density at radius 3 is 2.89 bits per heavy atom. The summed E-state index contributed by atoms with van der Waals surface area (Å²) in [6.45, 7) is 0.264. The second-order valence-electron chi connectivity index (χ2n) is 3.87. The quantitative estimate of drug-likeness (QED) is 0.641. The highest BCUT2D eigenvalue weighted by Gasteiger charge is 2.44. The highest BCUT2D eigenvalue weighted by Crippen LogP contribution is 2.23. The van der Waals surface area contributed by atoms with Crippen molar-refractivity contribution < 1.29 is 19.4 Å². The minimum atomic E-state index is -1.71. The van der Waals surface area contributed by atoms with Crippen LogP contribution in [0.1, 0.15) is 23.2 Å². The summed E-state index contributed by atoms with van der Waals surface area (Å²) in [5.74, 6) is -1.97. The van der Waals surface area contributed by atoms with Crippen LogP contribution < -0.4 is 10.9 Å². The molecule has 0 aromatic carbocycles. The molecule has 0 aliphatic carbocycles. The van der Waals surface area contributed by atoms with Crippen molar-refractivity contribution in [2.75, 3.05) is 6.61 Å². The standard InChI is InChI=1S/C10H11N3O5/c14-7-4-6(5-11-13-7)8(15)12-10(9(16)17)2-1-3-18-10/h4-5H,1-3H2,(H,12,15)(H,13,14)(H,16,17). The van der Waals surface area contributed by atoms with E-state index in [2.05, 4.69) is 15.5 Å². The fourth-order valence-electron chi connectivity index (χ4n) is 1.72. The van der Waals surface area contributed by atoms with E-state index in [1.807, 2.05) is 0 Å². The summed E-state index contributed by atoms with van der Waals surface area (Å²) in [6, 6.07) is 1.03. The third-order valence-corrected chi connectivity index (χ3v) is 2.61. The third kappa shape index (κ3) is 2.23. The molecule has 0 bridgehead atoms. The van der Waals surface area contributed by atoms with E-state index in [0.717, 1.165) is 12.3 Å². The van der Waals surface area contributed by atoms with Crippen molar-refractivity contribution in [3.8, 4) is 0 Å². The zero-order valence-corrected chi connectivity index (χ0v) is 9.30. The van der Waals surface area contributed by atoms with Crippen LogP contribution in [0.5, 0.6) is 0 Å². The topological polar surface area (TPSA) is 121 Å². The number of carbonyl (C=O) groups excluding carboxylic acids is 1. The van der Waals surface area contributed by atoms with Gasteiger partial charge in [0.15, 0.2) is 0 Å². The predicted octanol–water partition coefficient (Wildman–Crippen LogP) is -0.909. The molecule has 1 amide bonds. The van der Waals surface area contributed by atoms with Gasteiger partial charge in [-0.2, -0.15) is 5.10 Å². The lowest BCUT2D eigenvalue weighted by Gasteiger charge is -2.24. The Bertz CT molecular complexity index is 532. The largest absolute Gasteiger partial charge is 0.478 e. The normalized spacial score (nSPS) is 22.7. The summed E-state index contributed by atoms with van der Waals surface area (Å²) in [5, 5.41) is 17.0. The molecule has 2 heterocycles. The minimum Gasteiger partial charge on any atom is -0.478 e. The van der Waals surface area contributed by atoms with E-state index in [1.54, 1.807) is 0 Å². The molecule has 1 unspecified atom stereocenters. The fourth-order valence-corrected chi connectivity index (χ4v) is 1.72. The molecule has 3 N–H and O–H groups in total. The summed E-state index contributed by atoms with van der Waals surface area (Å²) in [6.07, 6.45) is 1.87. The Balaban J connectivity index is 2.20. The van der Waals surface area contributed by atoms with Crippen molar-refractivity contribution in [2.45, 2.75) is 18.6 Å². The monoisotopic (exact) mass is 253 g/mol. The van der Waals surface area contributed by atoms with Crippen LogP contribution in [0.25, 0.3) is 0 Å². The average Bonchev–Trinajstić information content (AvgIpc) is 2.79. The van der Waals surface area contributed by atoms with Crippen molar-refractivity contribution >= 4 is 11.9 Å². The number of rotatable bonds is 3. The zero-order chi connectivity index (χ0) is 13.2. The van der Waals surface area contributed by atoms with Crippen LogP contribution in [0.3, 0.4) is 0 Å². The molecule has 18 heavy (non-hydrogen) atoms. The van der Waals surface area contributed by atoms with Gasteiger partial charge in [-0.3, -0.25) is 9.59 Å². The second-order valence-corrected chi connectivity index (χ2v) is 3.87. The summed E-state index contributed by atoms with van der Waals surface area (Å²) in [5.41, 5.74) is -2.27. The molecule has 8 heteroatoms. The van der Waals surface area contributed by atoms with Crippen LogP contribution in [0.4, 0.5) is 0 Å². The molecule has 8 nitrogen and oxygen atoms in total. The molecular formula is C10H11N3O5. The SMILES string of the molecule is O=C(NC1(C(=O)O)CCCO1)c1cn[nH]c(=O)c1. The van der Waals surface area contributed by atoms with Gasteiger partial charge in [0, 0.05) is 12.5 Å². The Labute approximate surface area is 101 Å². The first-order valence-corrected chi connectivity index (χ1v) is 5.28. The second kappa shape index (κ2) is 4.57. The molecular weight excluding hydrogens is 242 g/mol. The van der Waals surface area contributed by atoms with Crippen molar-refractivity contribution in [2.24, 2.45) is 0 Å². The maximum absolute atomic E-state index is 11.8.